The van der Waals surface area contributed by atoms with E-state index in [1.54, 1.807) is 23.6 Å². The Labute approximate surface area is 177 Å². The van der Waals surface area contributed by atoms with E-state index in [2.05, 4.69) is 11.4 Å². The van der Waals surface area contributed by atoms with E-state index in [9.17, 15) is 20.0 Å². The van der Waals surface area contributed by atoms with Gasteiger partial charge in [-0.3, -0.25) is 4.79 Å². The molecule has 0 aliphatic heterocycles. The van der Waals surface area contributed by atoms with E-state index in [1.807, 2.05) is 6.92 Å². The van der Waals surface area contributed by atoms with Crippen molar-refractivity contribution in [2.45, 2.75) is 20.4 Å². The van der Waals surface area contributed by atoms with Crippen LogP contribution in [0.5, 0.6) is 5.75 Å². The van der Waals surface area contributed by atoms with E-state index in [0.29, 0.717) is 17.9 Å². The van der Waals surface area contributed by atoms with Crippen molar-refractivity contribution in [3.63, 3.8) is 0 Å². The average Bonchev–Trinajstić information content (AvgIpc) is 3.31. The monoisotopic (exact) mass is 427 g/mol. The Hall–Kier alpha value is -3.70. The van der Waals surface area contributed by atoms with Crippen molar-refractivity contribution < 1.29 is 23.8 Å². The van der Waals surface area contributed by atoms with Gasteiger partial charge in [0.25, 0.3) is 5.91 Å². The molecule has 2 aromatic heterocycles. The third kappa shape index (κ3) is 4.31. The van der Waals surface area contributed by atoms with Crippen molar-refractivity contribution in [1.29, 1.82) is 5.26 Å². The van der Waals surface area contributed by atoms with Crippen LogP contribution in [0, 0.1) is 25.2 Å². The molecule has 1 amide bonds. The molecule has 0 atom stereocenters. The predicted molar refractivity (Wildman–Crippen MR) is 108 cm³/mol. The maximum Gasteiger partial charge on any atom is 0.342 e. The molecule has 0 spiro atoms. The SMILES string of the molecule is Cc1c(C#N)c(NC(=O)COC(=O)c2cc(Cl)ccc2O)n(Cc2ccco2)c1C. The largest absolute Gasteiger partial charge is 0.507 e. The summed E-state index contributed by atoms with van der Waals surface area (Å²) in [5, 5.41) is 22.2. The van der Waals surface area contributed by atoms with Crippen molar-refractivity contribution in [3.8, 4) is 11.8 Å². The van der Waals surface area contributed by atoms with Gasteiger partial charge in [0, 0.05) is 10.7 Å². The first kappa shape index (κ1) is 21.0. The van der Waals surface area contributed by atoms with E-state index in [-0.39, 0.29) is 22.2 Å². The van der Waals surface area contributed by atoms with Crippen LogP contribution in [-0.2, 0) is 16.1 Å². The number of aromatic hydroxyl groups is 1. The highest BCUT2D eigenvalue weighted by atomic mass is 35.5. The summed E-state index contributed by atoms with van der Waals surface area (Å²) >= 11 is 5.82. The van der Waals surface area contributed by atoms with Gasteiger partial charge in [-0.2, -0.15) is 5.26 Å². The van der Waals surface area contributed by atoms with Crippen LogP contribution < -0.4 is 5.32 Å². The first-order valence-electron chi connectivity index (χ1n) is 8.89. The first-order valence-corrected chi connectivity index (χ1v) is 9.27. The van der Waals surface area contributed by atoms with Crippen LogP contribution in [0.25, 0.3) is 0 Å². The van der Waals surface area contributed by atoms with E-state index in [1.165, 1.54) is 24.5 Å². The van der Waals surface area contributed by atoms with Gasteiger partial charge in [-0.25, -0.2) is 4.79 Å². The number of carbonyl (C=O) groups excluding carboxylic acids is 2. The van der Waals surface area contributed by atoms with Crippen LogP contribution in [0.15, 0.2) is 41.0 Å². The fourth-order valence-electron chi connectivity index (χ4n) is 2.94. The van der Waals surface area contributed by atoms with Gasteiger partial charge in [0.05, 0.1) is 18.4 Å². The number of phenolic OH excluding ortho intramolecular Hbond substituents is 1. The number of anilines is 1. The maximum absolute atomic E-state index is 12.4. The van der Waals surface area contributed by atoms with Crippen LogP contribution in [0.3, 0.4) is 0 Å². The molecule has 3 rings (SSSR count). The van der Waals surface area contributed by atoms with Crippen molar-refractivity contribution in [3.05, 3.63) is 69.8 Å². The summed E-state index contributed by atoms with van der Waals surface area (Å²) in [5.74, 6) is -0.912. The lowest BCUT2D eigenvalue weighted by Crippen LogP contribution is -2.23. The summed E-state index contributed by atoms with van der Waals surface area (Å²) in [6.45, 7) is 3.31. The van der Waals surface area contributed by atoms with Crippen molar-refractivity contribution >= 4 is 29.3 Å². The number of phenols is 1. The number of aromatic nitrogens is 1. The molecule has 1 aromatic carbocycles. The molecule has 154 valence electrons. The second-order valence-corrected chi connectivity index (χ2v) is 6.93. The molecular weight excluding hydrogens is 410 g/mol. The number of nitrogens with zero attached hydrogens (tertiary/aromatic N) is 2. The van der Waals surface area contributed by atoms with Gasteiger partial charge in [0.1, 0.15) is 29.0 Å². The van der Waals surface area contributed by atoms with Crippen molar-refractivity contribution in [2.24, 2.45) is 0 Å². The number of carbonyl (C=O) groups is 2. The Balaban J connectivity index is 1.76. The molecule has 0 saturated heterocycles. The summed E-state index contributed by atoms with van der Waals surface area (Å²) in [7, 11) is 0. The normalized spacial score (nSPS) is 10.5. The Bertz CT molecular complexity index is 1140. The summed E-state index contributed by atoms with van der Waals surface area (Å²) in [5.41, 5.74) is 1.67. The van der Waals surface area contributed by atoms with Crippen LogP contribution >= 0.6 is 11.6 Å². The molecule has 3 aromatic rings. The quantitative estimate of drug-likeness (QED) is 0.578. The average molecular weight is 428 g/mol. The number of amides is 1. The fraction of sp³-hybridized carbons (Fsp3) is 0.190. The van der Waals surface area contributed by atoms with Gasteiger partial charge in [-0.15, -0.1) is 0 Å². The number of esters is 1. The van der Waals surface area contributed by atoms with Crippen molar-refractivity contribution in [1.82, 2.24) is 4.57 Å². The molecule has 9 heteroatoms. The van der Waals surface area contributed by atoms with Gasteiger partial charge in [-0.05, 0) is 49.7 Å². The Kier molecular flexibility index (Phi) is 6.14. The predicted octanol–water partition coefficient (Wildman–Crippen LogP) is 3.77. The summed E-state index contributed by atoms with van der Waals surface area (Å²) in [6.07, 6.45) is 1.54. The minimum Gasteiger partial charge on any atom is -0.507 e. The van der Waals surface area contributed by atoms with E-state index < -0.39 is 18.5 Å². The molecule has 0 saturated carbocycles. The van der Waals surface area contributed by atoms with Gasteiger partial charge in [0.15, 0.2) is 6.61 Å². The van der Waals surface area contributed by atoms with E-state index in [0.717, 1.165) is 11.3 Å². The van der Waals surface area contributed by atoms with Crippen LogP contribution in [-0.4, -0.2) is 28.2 Å². The van der Waals surface area contributed by atoms with E-state index in [4.69, 9.17) is 20.8 Å². The number of ether oxygens (including phenoxy) is 1. The lowest BCUT2D eigenvalue weighted by Gasteiger charge is -2.12. The molecule has 0 aliphatic rings. The minimum atomic E-state index is -0.899. The number of nitriles is 1. The fourth-order valence-corrected chi connectivity index (χ4v) is 3.11. The van der Waals surface area contributed by atoms with Gasteiger partial charge >= 0.3 is 5.97 Å². The second-order valence-electron chi connectivity index (χ2n) is 6.50. The molecule has 8 nitrogen and oxygen atoms in total. The standard InChI is InChI=1S/C21H18ClN3O5/c1-12-13(2)25(10-15-4-3-7-29-15)20(17(12)9-23)24-19(27)11-30-21(28)16-8-14(22)5-6-18(16)26/h3-8,26H,10-11H2,1-2H3,(H,24,27). The molecule has 0 bridgehead atoms. The lowest BCUT2D eigenvalue weighted by atomic mass is 10.2. The molecule has 30 heavy (non-hydrogen) atoms. The number of hydrogen-bond donors (Lipinski definition) is 2. The van der Waals surface area contributed by atoms with Crippen LogP contribution in [0.2, 0.25) is 5.02 Å². The lowest BCUT2D eigenvalue weighted by molar-refractivity contribution is -0.119. The van der Waals surface area contributed by atoms with Gasteiger partial charge < -0.3 is 24.1 Å². The van der Waals surface area contributed by atoms with Crippen molar-refractivity contribution in [2.75, 3.05) is 11.9 Å². The van der Waals surface area contributed by atoms with Crippen LogP contribution in [0.1, 0.15) is 32.9 Å². The smallest absolute Gasteiger partial charge is 0.342 e. The van der Waals surface area contributed by atoms with Gasteiger partial charge in [0.2, 0.25) is 0 Å². The molecule has 2 N–H and O–H groups in total. The molecule has 0 fully saturated rings. The minimum absolute atomic E-state index is 0.152. The zero-order valence-electron chi connectivity index (χ0n) is 16.2. The molecule has 0 radical (unpaired) electrons. The third-order valence-electron chi connectivity index (χ3n) is 4.61. The number of halogens is 1. The number of nitrogens with one attached hydrogen (secondary N) is 1. The highest BCUT2D eigenvalue weighted by Crippen LogP contribution is 2.27. The molecular formula is C21H18ClN3O5. The number of furan rings is 1. The summed E-state index contributed by atoms with van der Waals surface area (Å²) in [6, 6.07) is 9.54. The summed E-state index contributed by atoms with van der Waals surface area (Å²) < 4.78 is 12.1. The molecule has 0 aliphatic carbocycles. The highest BCUT2D eigenvalue weighted by molar-refractivity contribution is 6.31. The zero-order valence-corrected chi connectivity index (χ0v) is 17.0. The third-order valence-corrected chi connectivity index (χ3v) is 4.84. The Morgan fingerprint density at radius 3 is 2.77 bits per heavy atom. The number of hydrogen-bond acceptors (Lipinski definition) is 6. The van der Waals surface area contributed by atoms with Gasteiger partial charge in [-0.1, -0.05) is 11.6 Å². The maximum atomic E-state index is 12.4. The topological polar surface area (TPSA) is 117 Å². The molecule has 0 unspecified atom stereocenters. The second kappa shape index (κ2) is 8.76. The Morgan fingerprint density at radius 2 is 2.10 bits per heavy atom. The highest BCUT2D eigenvalue weighted by Gasteiger charge is 2.21. The van der Waals surface area contributed by atoms with E-state index >= 15 is 0 Å². The Morgan fingerprint density at radius 1 is 1.33 bits per heavy atom. The first-order chi connectivity index (χ1) is 14.3. The molecule has 2 heterocycles. The van der Waals surface area contributed by atoms with Crippen LogP contribution in [0.4, 0.5) is 5.82 Å². The summed E-state index contributed by atoms with van der Waals surface area (Å²) in [4.78, 5) is 24.6. The number of rotatable bonds is 6. The zero-order chi connectivity index (χ0) is 21.8. The number of benzene rings is 1.